The molecule has 1 fully saturated rings. The molecule has 0 spiro atoms. The Bertz CT molecular complexity index is 572. The molecule has 1 atom stereocenters. The van der Waals surface area contributed by atoms with Crippen LogP contribution in [0.2, 0.25) is 0 Å². The third-order valence-electron chi connectivity index (χ3n) is 3.16. The van der Waals surface area contributed by atoms with E-state index in [-0.39, 0.29) is 30.6 Å². The van der Waals surface area contributed by atoms with Crippen molar-refractivity contribution in [2.24, 2.45) is 10.9 Å². The van der Waals surface area contributed by atoms with Crippen LogP contribution >= 0.6 is 0 Å². The van der Waals surface area contributed by atoms with Gasteiger partial charge in [0.05, 0.1) is 12.5 Å². The molecule has 106 valence electrons. The van der Waals surface area contributed by atoms with E-state index in [1.54, 1.807) is 12.1 Å². The zero-order chi connectivity index (χ0) is 14.7. The van der Waals surface area contributed by atoms with E-state index in [4.69, 9.17) is 10.9 Å². The summed E-state index contributed by atoms with van der Waals surface area (Å²) in [6.07, 6.45) is 1.66. The molecule has 2 heterocycles. The van der Waals surface area contributed by atoms with Crippen LogP contribution in [0.1, 0.15) is 17.7 Å². The highest BCUT2D eigenvalue weighted by Crippen LogP contribution is 2.12. The maximum Gasteiger partial charge on any atom is 0.246 e. The van der Waals surface area contributed by atoms with Gasteiger partial charge in [0.1, 0.15) is 5.69 Å². The number of amides is 2. The molecule has 1 aromatic heterocycles. The molecule has 0 bridgehead atoms. The van der Waals surface area contributed by atoms with Gasteiger partial charge in [-0.1, -0.05) is 11.2 Å². The van der Waals surface area contributed by atoms with Crippen molar-refractivity contribution in [3.8, 4) is 0 Å². The molecule has 0 radical (unpaired) electrons. The number of hydrogen-bond acceptors (Lipinski definition) is 6. The molecule has 1 aliphatic heterocycles. The minimum Gasteiger partial charge on any atom is -0.409 e. The lowest BCUT2D eigenvalue weighted by Crippen LogP contribution is -2.37. The average Bonchev–Trinajstić information content (AvgIpc) is 2.72. The van der Waals surface area contributed by atoms with Crippen LogP contribution in [0.15, 0.2) is 23.5 Å². The topological polar surface area (TPSA) is 121 Å². The molecule has 1 aliphatic rings. The molecule has 2 rings (SSSR count). The Balaban J connectivity index is 2.09. The second-order valence-corrected chi connectivity index (χ2v) is 4.42. The van der Waals surface area contributed by atoms with Crippen LogP contribution in [0, 0.1) is 0 Å². The van der Waals surface area contributed by atoms with Crippen molar-refractivity contribution in [3.05, 3.63) is 29.6 Å². The smallest absolute Gasteiger partial charge is 0.246 e. The van der Waals surface area contributed by atoms with Crippen molar-refractivity contribution in [1.82, 2.24) is 15.2 Å². The van der Waals surface area contributed by atoms with Gasteiger partial charge in [0.15, 0.2) is 5.84 Å². The number of carbonyl (C=O) groups is 2. The molecule has 0 aliphatic carbocycles. The number of nitrogens with two attached hydrogens (primary N) is 1. The van der Waals surface area contributed by atoms with Crippen molar-refractivity contribution in [2.75, 3.05) is 7.05 Å². The number of likely N-dealkylation sites (N-methyl/N-ethyl adjacent to an activating group) is 1. The fourth-order valence-corrected chi connectivity index (χ4v) is 2.01. The number of oxime groups is 1. The van der Waals surface area contributed by atoms with Gasteiger partial charge in [0.25, 0.3) is 0 Å². The predicted octanol–water partition coefficient (Wildman–Crippen LogP) is -0.977. The molecular weight excluding hydrogens is 262 g/mol. The molecule has 2 amide bonds. The van der Waals surface area contributed by atoms with Crippen LogP contribution in [-0.4, -0.2) is 45.8 Å². The Labute approximate surface area is 115 Å². The van der Waals surface area contributed by atoms with Crippen molar-refractivity contribution in [3.63, 3.8) is 0 Å². The van der Waals surface area contributed by atoms with Gasteiger partial charge in [-0.2, -0.15) is 0 Å². The van der Waals surface area contributed by atoms with Crippen LogP contribution in [0.4, 0.5) is 0 Å². The van der Waals surface area contributed by atoms with Crippen molar-refractivity contribution >= 4 is 17.6 Å². The Morgan fingerprint density at radius 3 is 3.00 bits per heavy atom. The number of nitrogens with one attached hydrogen (secondary N) is 1. The van der Waals surface area contributed by atoms with Crippen LogP contribution in [0.25, 0.3) is 0 Å². The lowest BCUT2D eigenvalue weighted by molar-refractivity contribution is -0.137. The standard InChI is InChI=1S/C12H15N5O3/c1-17-9(18)5-8(12(17)19)15-6-7-3-2-4-14-10(7)11(13)16-20/h2-4,8,15,20H,5-6H2,1H3,(H2,13,16). The Morgan fingerprint density at radius 2 is 2.40 bits per heavy atom. The molecule has 0 saturated carbocycles. The number of amidine groups is 1. The van der Waals surface area contributed by atoms with Gasteiger partial charge in [0.2, 0.25) is 11.8 Å². The zero-order valence-corrected chi connectivity index (χ0v) is 10.9. The van der Waals surface area contributed by atoms with E-state index in [9.17, 15) is 9.59 Å². The van der Waals surface area contributed by atoms with Crippen molar-refractivity contribution < 1.29 is 14.8 Å². The van der Waals surface area contributed by atoms with Crippen LogP contribution in [-0.2, 0) is 16.1 Å². The Morgan fingerprint density at radius 1 is 1.65 bits per heavy atom. The molecular formula is C12H15N5O3. The number of nitrogens with zero attached hydrogens (tertiary/aromatic N) is 3. The molecule has 4 N–H and O–H groups in total. The lowest BCUT2D eigenvalue weighted by atomic mass is 10.1. The summed E-state index contributed by atoms with van der Waals surface area (Å²) < 4.78 is 0. The van der Waals surface area contributed by atoms with E-state index in [0.29, 0.717) is 11.3 Å². The van der Waals surface area contributed by atoms with Crippen LogP contribution in [0.5, 0.6) is 0 Å². The van der Waals surface area contributed by atoms with E-state index in [2.05, 4.69) is 15.5 Å². The van der Waals surface area contributed by atoms with Crippen molar-refractivity contribution in [1.29, 1.82) is 0 Å². The summed E-state index contributed by atoms with van der Waals surface area (Å²) in [6, 6.07) is 2.91. The maximum absolute atomic E-state index is 11.8. The monoisotopic (exact) mass is 277 g/mol. The van der Waals surface area contributed by atoms with Gasteiger partial charge >= 0.3 is 0 Å². The fraction of sp³-hybridized carbons (Fsp3) is 0.333. The van der Waals surface area contributed by atoms with Crippen LogP contribution < -0.4 is 11.1 Å². The highest BCUT2D eigenvalue weighted by atomic mass is 16.4. The van der Waals surface area contributed by atoms with E-state index in [1.807, 2.05) is 0 Å². The minimum absolute atomic E-state index is 0.103. The summed E-state index contributed by atoms with van der Waals surface area (Å²) in [5, 5.41) is 14.6. The second-order valence-electron chi connectivity index (χ2n) is 4.42. The maximum atomic E-state index is 11.8. The molecule has 8 nitrogen and oxygen atoms in total. The summed E-state index contributed by atoms with van der Waals surface area (Å²) in [6.45, 7) is 0.289. The minimum atomic E-state index is -0.548. The first-order valence-electron chi connectivity index (χ1n) is 6.00. The first kappa shape index (κ1) is 13.9. The molecule has 1 saturated heterocycles. The van der Waals surface area contributed by atoms with Gasteiger partial charge in [-0.3, -0.25) is 19.5 Å². The summed E-state index contributed by atoms with van der Waals surface area (Å²) >= 11 is 0. The zero-order valence-electron chi connectivity index (χ0n) is 10.9. The third kappa shape index (κ3) is 2.59. The number of hydrogen-bond donors (Lipinski definition) is 3. The number of carbonyl (C=O) groups excluding carboxylic acids is 2. The number of aromatic nitrogens is 1. The predicted molar refractivity (Wildman–Crippen MR) is 69.8 cm³/mol. The van der Waals surface area contributed by atoms with E-state index >= 15 is 0 Å². The Hall–Kier alpha value is -2.48. The summed E-state index contributed by atoms with van der Waals surface area (Å²) in [5.74, 6) is -0.576. The van der Waals surface area contributed by atoms with Crippen LogP contribution in [0.3, 0.4) is 0 Å². The van der Waals surface area contributed by atoms with Gasteiger partial charge < -0.3 is 16.3 Å². The largest absolute Gasteiger partial charge is 0.409 e. The van der Waals surface area contributed by atoms with Gasteiger partial charge in [-0.25, -0.2) is 0 Å². The third-order valence-corrected chi connectivity index (χ3v) is 3.16. The second kappa shape index (κ2) is 5.66. The first-order valence-corrected chi connectivity index (χ1v) is 6.00. The Kier molecular flexibility index (Phi) is 3.94. The van der Waals surface area contributed by atoms with Crippen molar-refractivity contribution in [2.45, 2.75) is 19.0 Å². The molecule has 8 heteroatoms. The number of pyridine rings is 1. The highest BCUT2D eigenvalue weighted by molar-refractivity contribution is 6.05. The summed E-state index contributed by atoms with van der Waals surface area (Å²) in [7, 11) is 1.46. The van der Waals surface area contributed by atoms with E-state index in [0.717, 1.165) is 4.90 Å². The quantitative estimate of drug-likeness (QED) is 0.214. The number of likely N-dealkylation sites (tertiary alicyclic amines) is 1. The highest BCUT2D eigenvalue weighted by Gasteiger charge is 2.35. The van der Waals surface area contributed by atoms with Gasteiger partial charge in [0, 0.05) is 19.8 Å². The normalized spacial score (nSPS) is 19.8. The number of imide groups is 1. The number of rotatable bonds is 4. The SMILES string of the molecule is CN1C(=O)CC(NCc2cccnc2C(N)=NO)C1=O. The summed E-state index contributed by atoms with van der Waals surface area (Å²) in [5.41, 5.74) is 6.55. The van der Waals surface area contributed by atoms with Gasteiger partial charge in [-0.15, -0.1) is 0 Å². The van der Waals surface area contributed by atoms with Gasteiger partial charge in [-0.05, 0) is 11.6 Å². The van der Waals surface area contributed by atoms with E-state index in [1.165, 1.54) is 13.2 Å². The fourth-order valence-electron chi connectivity index (χ4n) is 2.01. The molecule has 1 aromatic rings. The molecule has 0 aromatic carbocycles. The molecule has 20 heavy (non-hydrogen) atoms. The first-order chi connectivity index (χ1) is 9.54. The summed E-state index contributed by atoms with van der Waals surface area (Å²) in [4.78, 5) is 28.3. The van der Waals surface area contributed by atoms with E-state index < -0.39 is 6.04 Å². The average molecular weight is 277 g/mol. The molecule has 1 unspecified atom stereocenters. The lowest BCUT2D eigenvalue weighted by Gasteiger charge is -2.12.